The standard InChI is InChI=1S/C12H9N3OS/c1-8-4-11(17-14-8)10-6-15-5-9(7-16)2-3-12(15)13-10/h2-7H,1H3. The van der Waals surface area contributed by atoms with E-state index in [1.807, 2.05) is 29.7 Å². The van der Waals surface area contributed by atoms with Crippen LogP contribution in [-0.4, -0.2) is 20.0 Å². The van der Waals surface area contributed by atoms with Gasteiger partial charge in [0, 0.05) is 18.0 Å². The van der Waals surface area contributed by atoms with Gasteiger partial charge in [-0.15, -0.1) is 0 Å². The molecule has 4 nitrogen and oxygen atoms in total. The lowest BCUT2D eigenvalue weighted by Crippen LogP contribution is -1.86. The van der Waals surface area contributed by atoms with Gasteiger partial charge in [-0.1, -0.05) is 0 Å². The maximum absolute atomic E-state index is 10.7. The fraction of sp³-hybridized carbons (Fsp3) is 0.0833. The van der Waals surface area contributed by atoms with Gasteiger partial charge in [0.1, 0.15) is 11.3 Å². The van der Waals surface area contributed by atoms with E-state index in [2.05, 4.69) is 9.36 Å². The van der Waals surface area contributed by atoms with Crippen molar-refractivity contribution in [2.24, 2.45) is 0 Å². The summed E-state index contributed by atoms with van der Waals surface area (Å²) in [5.74, 6) is 0. The summed E-state index contributed by atoms with van der Waals surface area (Å²) in [7, 11) is 0. The predicted molar refractivity (Wildman–Crippen MR) is 66.4 cm³/mol. The van der Waals surface area contributed by atoms with Crippen molar-refractivity contribution in [2.45, 2.75) is 6.92 Å². The first-order valence-corrected chi connectivity index (χ1v) is 5.91. The zero-order chi connectivity index (χ0) is 11.8. The Balaban J connectivity index is 2.16. The molecule has 0 bridgehead atoms. The maximum atomic E-state index is 10.7. The molecule has 3 rings (SSSR count). The summed E-state index contributed by atoms with van der Waals surface area (Å²) in [4.78, 5) is 16.2. The third kappa shape index (κ3) is 1.74. The number of aldehydes is 1. The van der Waals surface area contributed by atoms with Gasteiger partial charge >= 0.3 is 0 Å². The molecular weight excluding hydrogens is 234 g/mol. The Morgan fingerprint density at radius 2 is 2.24 bits per heavy atom. The van der Waals surface area contributed by atoms with E-state index in [1.165, 1.54) is 11.5 Å². The summed E-state index contributed by atoms with van der Waals surface area (Å²) in [6, 6.07) is 5.60. The van der Waals surface area contributed by atoms with Gasteiger partial charge in [0.05, 0.1) is 10.6 Å². The number of carbonyl (C=O) groups is 1. The molecule has 0 amide bonds. The molecule has 3 aromatic heterocycles. The molecule has 0 unspecified atom stereocenters. The van der Waals surface area contributed by atoms with Crippen LogP contribution >= 0.6 is 11.5 Å². The van der Waals surface area contributed by atoms with Gasteiger partial charge < -0.3 is 4.40 Å². The Kier molecular flexibility index (Phi) is 2.26. The first kappa shape index (κ1) is 10.2. The van der Waals surface area contributed by atoms with Gasteiger partial charge in [0.15, 0.2) is 6.29 Å². The highest BCUT2D eigenvalue weighted by atomic mass is 32.1. The van der Waals surface area contributed by atoms with Crippen LogP contribution < -0.4 is 0 Å². The van der Waals surface area contributed by atoms with Crippen molar-refractivity contribution in [1.29, 1.82) is 0 Å². The highest BCUT2D eigenvalue weighted by molar-refractivity contribution is 7.09. The van der Waals surface area contributed by atoms with Gasteiger partial charge in [-0.25, -0.2) is 4.98 Å². The number of aromatic nitrogens is 3. The third-order valence-corrected chi connectivity index (χ3v) is 3.39. The average molecular weight is 243 g/mol. The van der Waals surface area contributed by atoms with Crippen LogP contribution in [0.15, 0.2) is 30.6 Å². The minimum Gasteiger partial charge on any atom is -0.306 e. The lowest BCUT2D eigenvalue weighted by molar-refractivity contribution is 0.112. The van der Waals surface area contributed by atoms with E-state index in [1.54, 1.807) is 12.3 Å². The Morgan fingerprint density at radius 1 is 1.35 bits per heavy atom. The topological polar surface area (TPSA) is 47.3 Å². The van der Waals surface area contributed by atoms with Crippen molar-refractivity contribution >= 4 is 23.5 Å². The minimum atomic E-state index is 0.641. The van der Waals surface area contributed by atoms with Crippen LogP contribution in [0.4, 0.5) is 0 Å². The summed E-state index contributed by atoms with van der Waals surface area (Å²) < 4.78 is 6.09. The quantitative estimate of drug-likeness (QED) is 0.650. The second kappa shape index (κ2) is 3.78. The van der Waals surface area contributed by atoms with E-state index < -0.39 is 0 Å². The van der Waals surface area contributed by atoms with E-state index in [4.69, 9.17) is 0 Å². The van der Waals surface area contributed by atoms with E-state index in [0.29, 0.717) is 5.56 Å². The molecule has 84 valence electrons. The third-order valence-electron chi connectivity index (χ3n) is 2.49. The zero-order valence-electron chi connectivity index (χ0n) is 9.12. The van der Waals surface area contributed by atoms with E-state index >= 15 is 0 Å². The molecule has 0 saturated heterocycles. The smallest absolute Gasteiger partial charge is 0.151 e. The second-order valence-corrected chi connectivity index (χ2v) is 4.61. The summed E-state index contributed by atoms with van der Waals surface area (Å²) in [5, 5.41) is 0. The molecule has 0 aromatic carbocycles. The molecule has 0 spiro atoms. The van der Waals surface area contributed by atoms with Crippen molar-refractivity contribution in [3.05, 3.63) is 41.9 Å². The fourth-order valence-corrected chi connectivity index (χ4v) is 2.39. The molecule has 5 heteroatoms. The van der Waals surface area contributed by atoms with Gasteiger partial charge in [-0.3, -0.25) is 4.79 Å². The fourth-order valence-electron chi connectivity index (χ4n) is 1.68. The molecule has 0 radical (unpaired) electrons. The normalized spacial score (nSPS) is 10.9. The summed E-state index contributed by atoms with van der Waals surface area (Å²) in [5.41, 5.74) is 3.35. The molecule has 3 heterocycles. The number of fused-ring (bicyclic) bond motifs is 1. The predicted octanol–water partition coefficient (Wildman–Crippen LogP) is 2.58. The molecule has 0 atom stereocenters. The van der Waals surface area contributed by atoms with Crippen molar-refractivity contribution in [3.63, 3.8) is 0 Å². The monoisotopic (exact) mass is 243 g/mol. The second-order valence-electron chi connectivity index (χ2n) is 3.80. The van der Waals surface area contributed by atoms with Crippen molar-refractivity contribution in [1.82, 2.24) is 13.8 Å². The van der Waals surface area contributed by atoms with Crippen LogP contribution in [-0.2, 0) is 0 Å². The van der Waals surface area contributed by atoms with Crippen molar-refractivity contribution in [3.8, 4) is 10.6 Å². The van der Waals surface area contributed by atoms with E-state index in [-0.39, 0.29) is 0 Å². The van der Waals surface area contributed by atoms with Gasteiger partial charge in [-0.2, -0.15) is 4.37 Å². The van der Waals surface area contributed by atoms with Crippen molar-refractivity contribution < 1.29 is 4.79 Å². The van der Waals surface area contributed by atoms with Crippen LogP contribution in [0.2, 0.25) is 0 Å². The highest BCUT2D eigenvalue weighted by Crippen LogP contribution is 2.24. The number of nitrogens with zero attached hydrogens (tertiary/aromatic N) is 3. The maximum Gasteiger partial charge on any atom is 0.151 e. The van der Waals surface area contributed by atoms with E-state index in [9.17, 15) is 4.79 Å². The molecule has 0 N–H and O–H groups in total. The van der Waals surface area contributed by atoms with E-state index in [0.717, 1.165) is 28.2 Å². The summed E-state index contributed by atoms with van der Waals surface area (Å²) in [6.07, 6.45) is 4.51. The van der Waals surface area contributed by atoms with Crippen LogP contribution in [0.5, 0.6) is 0 Å². The Labute approximate surface area is 102 Å². The van der Waals surface area contributed by atoms with Crippen molar-refractivity contribution in [2.75, 3.05) is 0 Å². The number of imidazole rings is 1. The number of hydrogen-bond donors (Lipinski definition) is 0. The average Bonchev–Trinajstić information content (AvgIpc) is 2.93. The number of aryl methyl sites for hydroxylation is 1. The zero-order valence-corrected chi connectivity index (χ0v) is 9.94. The van der Waals surface area contributed by atoms with Crippen LogP contribution in [0.1, 0.15) is 16.1 Å². The largest absolute Gasteiger partial charge is 0.306 e. The lowest BCUT2D eigenvalue weighted by Gasteiger charge is -1.92. The minimum absolute atomic E-state index is 0.641. The summed E-state index contributed by atoms with van der Waals surface area (Å²) in [6.45, 7) is 1.96. The first-order valence-electron chi connectivity index (χ1n) is 5.14. The summed E-state index contributed by atoms with van der Waals surface area (Å²) >= 11 is 1.43. The molecule has 0 saturated carbocycles. The Bertz CT molecular complexity index is 699. The molecule has 0 aliphatic rings. The lowest BCUT2D eigenvalue weighted by atomic mass is 10.3. The van der Waals surface area contributed by atoms with Gasteiger partial charge in [0.25, 0.3) is 0 Å². The Morgan fingerprint density at radius 3 is 2.94 bits per heavy atom. The number of hydrogen-bond acceptors (Lipinski definition) is 4. The Hall–Kier alpha value is -2.01. The molecular formula is C12H9N3OS. The van der Waals surface area contributed by atoms with Crippen LogP contribution in [0, 0.1) is 6.92 Å². The van der Waals surface area contributed by atoms with Crippen LogP contribution in [0.3, 0.4) is 0 Å². The first-order chi connectivity index (χ1) is 8.26. The molecule has 0 aliphatic carbocycles. The molecule has 17 heavy (non-hydrogen) atoms. The van der Waals surface area contributed by atoms with Gasteiger partial charge in [-0.05, 0) is 36.7 Å². The van der Waals surface area contributed by atoms with Gasteiger partial charge in [0.2, 0.25) is 0 Å². The number of pyridine rings is 1. The van der Waals surface area contributed by atoms with Crippen LogP contribution in [0.25, 0.3) is 16.2 Å². The number of rotatable bonds is 2. The molecule has 0 aliphatic heterocycles. The SMILES string of the molecule is Cc1cc(-c2cn3cc(C=O)ccc3n2)sn1. The number of carbonyl (C=O) groups excluding carboxylic acids is 1. The molecule has 3 aromatic rings. The highest BCUT2D eigenvalue weighted by Gasteiger charge is 2.07. The molecule has 0 fully saturated rings.